The number of nitrogens with zero attached hydrogens (tertiary/aromatic N) is 1. The summed E-state index contributed by atoms with van der Waals surface area (Å²) in [5.41, 5.74) is 6.66. The predicted molar refractivity (Wildman–Crippen MR) is 77.9 cm³/mol. The number of nitrogens with one attached hydrogen (secondary N) is 1. The number of carbonyl (C=O) groups excluding carboxylic acids is 1. The topological polar surface area (TPSA) is 58.4 Å². The number of likely N-dealkylation sites (N-methyl/N-ethyl adjacent to an activating group) is 1. The quantitative estimate of drug-likeness (QED) is 0.785. The van der Waals surface area contributed by atoms with Crippen molar-refractivity contribution in [2.75, 3.05) is 25.5 Å². The molecule has 2 rings (SSSR count). The molecule has 1 atom stereocenters. The Balaban J connectivity index is 1.73. The molecule has 19 heavy (non-hydrogen) atoms. The van der Waals surface area contributed by atoms with Crippen LogP contribution in [0.3, 0.4) is 0 Å². The number of anilines is 1. The second kappa shape index (κ2) is 6.68. The van der Waals surface area contributed by atoms with Crippen LogP contribution in [0.25, 0.3) is 0 Å². The van der Waals surface area contributed by atoms with E-state index in [1.54, 1.807) is 0 Å². The van der Waals surface area contributed by atoms with Crippen molar-refractivity contribution in [2.45, 2.75) is 25.3 Å². The van der Waals surface area contributed by atoms with Gasteiger partial charge in [0.05, 0.1) is 0 Å². The Bertz CT molecular complexity index is 403. The molecule has 1 unspecified atom stereocenters. The highest BCUT2D eigenvalue weighted by Crippen LogP contribution is 2.34. The standard InChI is InChI=1S/C15H23N3O/c1-18(14(11-16)12-7-8-12)10-9-15(19)17-13-5-3-2-4-6-13/h2-6,12,14H,7-11,16H2,1H3,(H,17,19). The highest BCUT2D eigenvalue weighted by atomic mass is 16.1. The fourth-order valence-corrected chi connectivity index (χ4v) is 2.40. The summed E-state index contributed by atoms with van der Waals surface area (Å²) in [6.07, 6.45) is 3.07. The minimum Gasteiger partial charge on any atom is -0.329 e. The van der Waals surface area contributed by atoms with Crippen LogP contribution in [0.15, 0.2) is 30.3 Å². The third-order valence-corrected chi connectivity index (χ3v) is 3.72. The zero-order valence-corrected chi connectivity index (χ0v) is 11.5. The Labute approximate surface area is 115 Å². The first-order valence-corrected chi connectivity index (χ1v) is 6.96. The van der Waals surface area contributed by atoms with Gasteiger partial charge in [-0.2, -0.15) is 0 Å². The largest absolute Gasteiger partial charge is 0.329 e. The molecule has 1 aliphatic rings. The lowest BCUT2D eigenvalue weighted by atomic mass is 10.1. The van der Waals surface area contributed by atoms with Crippen molar-refractivity contribution in [2.24, 2.45) is 11.7 Å². The predicted octanol–water partition coefficient (Wildman–Crippen LogP) is 1.68. The van der Waals surface area contributed by atoms with E-state index in [0.29, 0.717) is 19.0 Å². The van der Waals surface area contributed by atoms with Crippen LogP contribution in [0.4, 0.5) is 5.69 Å². The van der Waals surface area contributed by atoms with Gasteiger partial charge in [0.2, 0.25) is 5.91 Å². The smallest absolute Gasteiger partial charge is 0.225 e. The molecule has 4 heteroatoms. The van der Waals surface area contributed by atoms with Crippen LogP contribution in [0.2, 0.25) is 0 Å². The normalized spacial score (nSPS) is 16.4. The molecule has 1 aromatic carbocycles. The van der Waals surface area contributed by atoms with E-state index in [1.807, 2.05) is 30.3 Å². The number of hydrogen-bond acceptors (Lipinski definition) is 3. The molecule has 0 aromatic heterocycles. The van der Waals surface area contributed by atoms with Gasteiger partial charge in [0.1, 0.15) is 0 Å². The van der Waals surface area contributed by atoms with Crippen LogP contribution in [-0.2, 0) is 4.79 Å². The van der Waals surface area contributed by atoms with E-state index in [9.17, 15) is 4.79 Å². The maximum absolute atomic E-state index is 11.8. The Morgan fingerprint density at radius 1 is 1.42 bits per heavy atom. The number of carbonyl (C=O) groups is 1. The summed E-state index contributed by atoms with van der Waals surface area (Å²) >= 11 is 0. The monoisotopic (exact) mass is 261 g/mol. The maximum Gasteiger partial charge on any atom is 0.225 e. The molecule has 1 aromatic rings. The lowest BCUT2D eigenvalue weighted by molar-refractivity contribution is -0.116. The molecular formula is C15H23N3O. The molecule has 1 amide bonds. The highest BCUT2D eigenvalue weighted by Gasteiger charge is 2.32. The average molecular weight is 261 g/mol. The van der Waals surface area contributed by atoms with E-state index >= 15 is 0 Å². The van der Waals surface area contributed by atoms with E-state index in [1.165, 1.54) is 12.8 Å². The Morgan fingerprint density at radius 2 is 2.11 bits per heavy atom. The second-order valence-corrected chi connectivity index (χ2v) is 5.29. The summed E-state index contributed by atoms with van der Waals surface area (Å²) in [6, 6.07) is 10.00. The van der Waals surface area contributed by atoms with Crippen molar-refractivity contribution in [3.8, 4) is 0 Å². The van der Waals surface area contributed by atoms with Crippen LogP contribution in [0, 0.1) is 5.92 Å². The summed E-state index contributed by atoms with van der Waals surface area (Å²) in [5.74, 6) is 0.803. The van der Waals surface area contributed by atoms with Gasteiger partial charge in [0, 0.05) is 31.2 Å². The first kappa shape index (κ1) is 14.0. The molecule has 0 saturated heterocycles. The summed E-state index contributed by atoms with van der Waals surface area (Å²) in [6.45, 7) is 1.44. The van der Waals surface area contributed by atoms with Gasteiger partial charge in [0.25, 0.3) is 0 Å². The number of para-hydroxylation sites is 1. The van der Waals surface area contributed by atoms with Crippen molar-refractivity contribution < 1.29 is 4.79 Å². The van der Waals surface area contributed by atoms with Gasteiger partial charge < -0.3 is 16.0 Å². The molecule has 1 fully saturated rings. The third-order valence-electron chi connectivity index (χ3n) is 3.72. The fourth-order valence-electron chi connectivity index (χ4n) is 2.40. The molecule has 104 valence electrons. The molecule has 0 radical (unpaired) electrons. The SMILES string of the molecule is CN(CCC(=O)Nc1ccccc1)C(CN)C1CC1. The van der Waals surface area contributed by atoms with Gasteiger partial charge in [-0.25, -0.2) is 0 Å². The lowest BCUT2D eigenvalue weighted by Gasteiger charge is -2.26. The molecule has 0 spiro atoms. The van der Waals surface area contributed by atoms with Crippen molar-refractivity contribution >= 4 is 11.6 Å². The molecule has 1 saturated carbocycles. The minimum absolute atomic E-state index is 0.0598. The third kappa shape index (κ3) is 4.33. The number of benzene rings is 1. The van der Waals surface area contributed by atoms with Crippen LogP contribution < -0.4 is 11.1 Å². The second-order valence-electron chi connectivity index (χ2n) is 5.29. The number of amides is 1. The van der Waals surface area contributed by atoms with Crippen molar-refractivity contribution in [1.82, 2.24) is 4.90 Å². The zero-order chi connectivity index (χ0) is 13.7. The maximum atomic E-state index is 11.8. The van der Waals surface area contributed by atoms with Crippen LogP contribution in [0.5, 0.6) is 0 Å². The molecule has 0 aliphatic heterocycles. The molecule has 1 aliphatic carbocycles. The van der Waals surface area contributed by atoms with E-state index < -0.39 is 0 Å². The minimum atomic E-state index is 0.0598. The first-order valence-electron chi connectivity index (χ1n) is 6.96. The van der Waals surface area contributed by atoms with E-state index in [0.717, 1.165) is 18.2 Å². The number of nitrogens with two attached hydrogens (primary N) is 1. The van der Waals surface area contributed by atoms with E-state index in [4.69, 9.17) is 5.73 Å². The van der Waals surface area contributed by atoms with Gasteiger partial charge >= 0.3 is 0 Å². The summed E-state index contributed by atoms with van der Waals surface area (Å²) < 4.78 is 0. The summed E-state index contributed by atoms with van der Waals surface area (Å²) in [7, 11) is 2.06. The van der Waals surface area contributed by atoms with Gasteiger partial charge in [-0.15, -0.1) is 0 Å². The van der Waals surface area contributed by atoms with Crippen LogP contribution in [0.1, 0.15) is 19.3 Å². The van der Waals surface area contributed by atoms with Crippen molar-refractivity contribution in [1.29, 1.82) is 0 Å². The molecule has 4 nitrogen and oxygen atoms in total. The summed E-state index contributed by atoms with van der Waals surface area (Å²) in [4.78, 5) is 14.1. The first-order chi connectivity index (χ1) is 9.20. The Hall–Kier alpha value is -1.39. The van der Waals surface area contributed by atoms with Crippen molar-refractivity contribution in [3.05, 3.63) is 30.3 Å². The summed E-state index contributed by atoms with van der Waals surface area (Å²) in [5, 5.41) is 2.90. The zero-order valence-electron chi connectivity index (χ0n) is 11.5. The highest BCUT2D eigenvalue weighted by molar-refractivity contribution is 5.90. The molecule has 3 N–H and O–H groups in total. The number of hydrogen-bond donors (Lipinski definition) is 2. The molecule has 0 bridgehead atoms. The van der Waals surface area contributed by atoms with Gasteiger partial charge in [-0.1, -0.05) is 18.2 Å². The molecular weight excluding hydrogens is 238 g/mol. The average Bonchev–Trinajstić information content (AvgIpc) is 3.23. The Kier molecular flexibility index (Phi) is 4.93. The van der Waals surface area contributed by atoms with Gasteiger partial charge in [-0.05, 0) is 37.9 Å². The van der Waals surface area contributed by atoms with E-state index in [2.05, 4.69) is 17.3 Å². The fraction of sp³-hybridized carbons (Fsp3) is 0.533. The van der Waals surface area contributed by atoms with Crippen molar-refractivity contribution in [3.63, 3.8) is 0 Å². The Morgan fingerprint density at radius 3 is 2.68 bits per heavy atom. The lowest BCUT2D eigenvalue weighted by Crippen LogP contribution is -2.40. The number of rotatable bonds is 7. The van der Waals surface area contributed by atoms with Gasteiger partial charge in [0.15, 0.2) is 0 Å². The van der Waals surface area contributed by atoms with Crippen LogP contribution >= 0.6 is 0 Å². The molecule has 0 heterocycles. The van der Waals surface area contributed by atoms with E-state index in [-0.39, 0.29) is 5.91 Å². The van der Waals surface area contributed by atoms with Gasteiger partial charge in [-0.3, -0.25) is 4.79 Å². The van der Waals surface area contributed by atoms with Crippen LogP contribution in [-0.4, -0.2) is 37.0 Å².